The molecule has 3 aliphatic heterocycles. The van der Waals surface area contributed by atoms with E-state index in [1.165, 1.54) is 38.5 Å². The Morgan fingerprint density at radius 2 is 1.18 bits per heavy atom. The number of aliphatic hydroxyl groups excluding tert-OH is 4. The van der Waals surface area contributed by atoms with Gasteiger partial charge in [-0.3, -0.25) is 0 Å². The van der Waals surface area contributed by atoms with Crippen molar-refractivity contribution in [2.75, 3.05) is 0 Å². The molecule has 2 fully saturated rings. The van der Waals surface area contributed by atoms with Gasteiger partial charge in [0.2, 0.25) is 0 Å². The van der Waals surface area contributed by atoms with Crippen molar-refractivity contribution < 1.29 is 39.4 Å². The molecule has 9 atom stereocenters. The van der Waals surface area contributed by atoms with Gasteiger partial charge in [-0.15, -0.1) is 0 Å². The minimum absolute atomic E-state index is 0.162. The number of esters is 1. The molecule has 262 valence electrons. The molecule has 45 heavy (non-hydrogen) atoms. The average Bonchev–Trinajstić information content (AvgIpc) is 3.77. The molecule has 0 aromatic heterocycles. The van der Waals surface area contributed by atoms with Gasteiger partial charge >= 0.3 is 5.97 Å². The molecular weight excluding hydrogens is 572 g/mol. The van der Waals surface area contributed by atoms with E-state index < -0.39 is 24.4 Å². The first-order valence-corrected chi connectivity index (χ1v) is 18.7. The van der Waals surface area contributed by atoms with Crippen molar-refractivity contribution in [3.63, 3.8) is 0 Å². The summed E-state index contributed by atoms with van der Waals surface area (Å²) in [6, 6.07) is 0. The summed E-state index contributed by atoms with van der Waals surface area (Å²) in [5, 5.41) is 42.4. The summed E-state index contributed by atoms with van der Waals surface area (Å²) in [7, 11) is 0. The Balaban J connectivity index is 1.16. The highest BCUT2D eigenvalue weighted by atomic mass is 16.5. The van der Waals surface area contributed by atoms with Crippen molar-refractivity contribution in [1.29, 1.82) is 0 Å². The second-order valence-corrected chi connectivity index (χ2v) is 14.2. The fourth-order valence-electron chi connectivity index (χ4n) is 7.29. The maximum absolute atomic E-state index is 11.7. The van der Waals surface area contributed by atoms with Crippen LogP contribution in [0.5, 0.6) is 0 Å². The highest BCUT2D eigenvalue weighted by molar-refractivity contribution is 5.90. The summed E-state index contributed by atoms with van der Waals surface area (Å²) < 4.78 is 17.3. The molecule has 3 rings (SSSR count). The van der Waals surface area contributed by atoms with Gasteiger partial charge in [0, 0.05) is 12.0 Å². The summed E-state index contributed by atoms with van der Waals surface area (Å²) in [6.45, 7) is 4.07. The van der Waals surface area contributed by atoms with E-state index in [-0.39, 0.29) is 36.5 Å². The van der Waals surface area contributed by atoms with Crippen LogP contribution in [0.25, 0.3) is 0 Å². The smallest absolute Gasteiger partial charge is 0.334 e. The maximum Gasteiger partial charge on any atom is 0.334 e. The second kappa shape index (κ2) is 21.8. The van der Waals surface area contributed by atoms with Gasteiger partial charge < -0.3 is 34.6 Å². The van der Waals surface area contributed by atoms with Gasteiger partial charge in [0.25, 0.3) is 0 Å². The van der Waals surface area contributed by atoms with Crippen LogP contribution in [0.4, 0.5) is 0 Å². The zero-order chi connectivity index (χ0) is 32.4. The van der Waals surface area contributed by atoms with Crippen LogP contribution in [0.2, 0.25) is 0 Å². The lowest BCUT2D eigenvalue weighted by atomic mass is 9.98. The molecular formula is C37H66O8. The summed E-state index contributed by atoms with van der Waals surface area (Å²) in [5.41, 5.74) is 0.600. The minimum atomic E-state index is -0.627. The number of rotatable bonds is 25. The van der Waals surface area contributed by atoms with E-state index in [2.05, 4.69) is 6.92 Å². The van der Waals surface area contributed by atoms with E-state index in [0.29, 0.717) is 31.3 Å². The molecule has 3 heterocycles. The van der Waals surface area contributed by atoms with Crippen LogP contribution >= 0.6 is 0 Å². The molecule has 2 saturated heterocycles. The number of unbranched alkanes of at least 4 members (excludes halogenated alkanes) is 11. The second-order valence-electron chi connectivity index (χ2n) is 14.2. The van der Waals surface area contributed by atoms with E-state index in [1.807, 2.05) is 6.92 Å². The number of cyclic esters (lactones) is 1. The summed E-state index contributed by atoms with van der Waals surface area (Å²) >= 11 is 0. The van der Waals surface area contributed by atoms with Gasteiger partial charge in [0.15, 0.2) is 0 Å². The molecule has 3 aliphatic rings. The van der Waals surface area contributed by atoms with Crippen LogP contribution in [0, 0.1) is 0 Å². The minimum Gasteiger partial charge on any atom is -0.455 e. The highest BCUT2D eigenvalue weighted by Crippen LogP contribution is 2.31. The predicted molar refractivity (Wildman–Crippen MR) is 177 cm³/mol. The SMILES string of the molecule is CCCCCCCCCC[C@@H](O)[C@H]1CC[C@H]([C@H](O)CC[C@H](O)[C@@H]2CC[C@@H](CCCCCCC[C@@H](O)CC3=C[C@@H](C)OC3=O)O2)O1. The molecule has 0 aromatic rings. The molecule has 0 aromatic carbocycles. The standard InChI is InChI=1S/C37H66O8/c1-3-4-5-6-7-8-12-15-18-31(39)35-23-24-36(45-35)33(41)21-20-32(40)34-22-19-30(44-34)17-14-11-9-10-13-16-29(38)26-28-25-27(2)43-37(28)42/h25,27,29-36,38-41H,3-24,26H2,1-2H3/t27-,29-,30-,31-,32+,33-,34+,35-,36-/m1/s1. The third kappa shape index (κ3) is 14.7. The monoisotopic (exact) mass is 638 g/mol. The Bertz CT molecular complexity index is 833. The van der Waals surface area contributed by atoms with Crippen LogP contribution in [0.3, 0.4) is 0 Å². The molecule has 0 aliphatic carbocycles. The van der Waals surface area contributed by atoms with Gasteiger partial charge in [0.1, 0.15) is 6.10 Å². The Morgan fingerprint density at radius 3 is 1.78 bits per heavy atom. The lowest BCUT2D eigenvalue weighted by molar-refractivity contribution is -0.139. The van der Waals surface area contributed by atoms with Crippen LogP contribution in [-0.4, -0.2) is 81.3 Å². The van der Waals surface area contributed by atoms with Gasteiger partial charge in [0.05, 0.1) is 48.8 Å². The number of carbonyl (C=O) groups is 1. The van der Waals surface area contributed by atoms with Crippen molar-refractivity contribution in [2.24, 2.45) is 0 Å². The largest absolute Gasteiger partial charge is 0.455 e. The molecule has 0 spiro atoms. The predicted octanol–water partition coefficient (Wildman–Crippen LogP) is 6.83. The fourth-order valence-corrected chi connectivity index (χ4v) is 7.29. The highest BCUT2D eigenvalue weighted by Gasteiger charge is 2.36. The van der Waals surface area contributed by atoms with Crippen molar-refractivity contribution in [2.45, 2.75) is 216 Å². The van der Waals surface area contributed by atoms with E-state index in [9.17, 15) is 25.2 Å². The topological polar surface area (TPSA) is 126 Å². The summed E-state index contributed by atoms with van der Waals surface area (Å²) in [5.74, 6) is -0.295. The van der Waals surface area contributed by atoms with Crippen molar-refractivity contribution in [1.82, 2.24) is 0 Å². The van der Waals surface area contributed by atoms with Gasteiger partial charge in [-0.25, -0.2) is 4.79 Å². The van der Waals surface area contributed by atoms with Crippen molar-refractivity contribution in [3.8, 4) is 0 Å². The normalized spacial score (nSPS) is 27.8. The average molecular weight is 639 g/mol. The van der Waals surface area contributed by atoms with E-state index in [0.717, 1.165) is 83.5 Å². The molecule has 0 saturated carbocycles. The van der Waals surface area contributed by atoms with Crippen LogP contribution < -0.4 is 0 Å². The zero-order valence-corrected chi connectivity index (χ0v) is 28.5. The Morgan fingerprint density at radius 1 is 0.667 bits per heavy atom. The number of carbonyl (C=O) groups excluding carboxylic acids is 1. The molecule has 8 heteroatoms. The summed E-state index contributed by atoms with van der Waals surface area (Å²) in [4.78, 5) is 11.7. The van der Waals surface area contributed by atoms with E-state index >= 15 is 0 Å². The van der Waals surface area contributed by atoms with Crippen LogP contribution in [0.1, 0.15) is 162 Å². The Labute approximate surface area is 273 Å². The van der Waals surface area contributed by atoms with Crippen LogP contribution in [0.15, 0.2) is 11.6 Å². The van der Waals surface area contributed by atoms with Crippen molar-refractivity contribution >= 4 is 5.97 Å². The fraction of sp³-hybridized carbons (Fsp3) is 0.919. The van der Waals surface area contributed by atoms with Gasteiger partial charge in [-0.05, 0) is 70.8 Å². The third-order valence-corrected chi connectivity index (χ3v) is 10.1. The zero-order valence-electron chi connectivity index (χ0n) is 28.5. The molecule has 8 nitrogen and oxygen atoms in total. The molecule has 4 N–H and O–H groups in total. The molecule has 0 bridgehead atoms. The molecule has 0 unspecified atom stereocenters. The first-order valence-electron chi connectivity index (χ1n) is 18.7. The molecule has 0 amide bonds. The van der Waals surface area contributed by atoms with Gasteiger partial charge in [-0.2, -0.15) is 0 Å². The van der Waals surface area contributed by atoms with E-state index in [4.69, 9.17) is 14.2 Å². The Hall–Kier alpha value is -1.03. The quantitative estimate of drug-likeness (QED) is 0.0634. The van der Waals surface area contributed by atoms with Gasteiger partial charge in [-0.1, -0.05) is 90.4 Å². The summed E-state index contributed by atoms with van der Waals surface area (Å²) in [6.07, 6.45) is 21.6. The van der Waals surface area contributed by atoms with E-state index in [1.54, 1.807) is 6.08 Å². The maximum atomic E-state index is 11.7. The first-order chi connectivity index (χ1) is 21.8. The number of hydrogen-bond acceptors (Lipinski definition) is 8. The number of aliphatic hydroxyl groups is 4. The molecule has 0 radical (unpaired) electrons. The number of hydrogen-bond donors (Lipinski definition) is 4. The lowest BCUT2D eigenvalue weighted by Gasteiger charge is -2.24. The lowest BCUT2D eigenvalue weighted by Crippen LogP contribution is -2.33. The first kappa shape index (κ1) is 38.4. The van der Waals surface area contributed by atoms with Crippen LogP contribution in [-0.2, 0) is 19.0 Å². The number of ether oxygens (including phenoxy) is 3. The van der Waals surface area contributed by atoms with Crippen molar-refractivity contribution in [3.05, 3.63) is 11.6 Å². The Kier molecular flexibility index (Phi) is 18.6. The third-order valence-electron chi connectivity index (χ3n) is 10.1.